The summed E-state index contributed by atoms with van der Waals surface area (Å²) in [5, 5.41) is 4.25. The highest BCUT2D eigenvalue weighted by molar-refractivity contribution is 6.31. The summed E-state index contributed by atoms with van der Waals surface area (Å²) < 4.78 is 0. The van der Waals surface area contributed by atoms with Crippen molar-refractivity contribution < 1.29 is 0 Å². The SMILES string of the molecule is Cc1ccc(N2CCNC[C@@H]2C)cc1Cl. The second kappa shape index (κ2) is 4.42. The number of halogens is 1. The number of rotatable bonds is 1. The molecule has 2 nitrogen and oxygen atoms in total. The van der Waals surface area contributed by atoms with Gasteiger partial charge in [-0.1, -0.05) is 17.7 Å². The fraction of sp³-hybridized carbons (Fsp3) is 0.500. The van der Waals surface area contributed by atoms with E-state index >= 15 is 0 Å². The molecule has 0 saturated carbocycles. The lowest BCUT2D eigenvalue weighted by molar-refractivity contribution is 0.501. The molecule has 1 heterocycles. The average molecular weight is 225 g/mol. The summed E-state index contributed by atoms with van der Waals surface area (Å²) in [6.45, 7) is 7.43. The van der Waals surface area contributed by atoms with Gasteiger partial charge in [-0.05, 0) is 31.5 Å². The molecule has 0 bridgehead atoms. The molecule has 82 valence electrons. The Kier molecular flexibility index (Phi) is 3.17. The highest BCUT2D eigenvalue weighted by atomic mass is 35.5. The standard InChI is InChI=1S/C12H17ClN2/c1-9-3-4-11(7-12(9)13)15-6-5-14-8-10(15)2/h3-4,7,10,14H,5-6,8H2,1-2H3/t10-/m0/s1. The van der Waals surface area contributed by atoms with E-state index in [1.54, 1.807) is 0 Å². The zero-order valence-corrected chi connectivity index (χ0v) is 10.0. The van der Waals surface area contributed by atoms with Crippen molar-refractivity contribution in [3.05, 3.63) is 28.8 Å². The Hall–Kier alpha value is -0.730. The summed E-state index contributed by atoms with van der Waals surface area (Å²) in [5.74, 6) is 0. The summed E-state index contributed by atoms with van der Waals surface area (Å²) >= 11 is 6.14. The zero-order chi connectivity index (χ0) is 10.8. The number of hydrogen-bond acceptors (Lipinski definition) is 2. The van der Waals surface area contributed by atoms with Crippen LogP contribution in [0.2, 0.25) is 5.02 Å². The van der Waals surface area contributed by atoms with Gasteiger partial charge in [0.25, 0.3) is 0 Å². The molecule has 1 saturated heterocycles. The second-order valence-electron chi connectivity index (χ2n) is 4.18. The maximum atomic E-state index is 6.14. The predicted octanol–water partition coefficient (Wildman–Crippen LogP) is 2.45. The van der Waals surface area contributed by atoms with Crippen molar-refractivity contribution in [1.82, 2.24) is 5.32 Å². The number of benzene rings is 1. The second-order valence-corrected chi connectivity index (χ2v) is 4.59. The Labute approximate surface area is 96.2 Å². The normalized spacial score (nSPS) is 21.8. The lowest BCUT2D eigenvalue weighted by atomic mass is 10.1. The van der Waals surface area contributed by atoms with Crippen molar-refractivity contribution in [2.45, 2.75) is 19.9 Å². The van der Waals surface area contributed by atoms with Crippen LogP contribution in [-0.4, -0.2) is 25.7 Å². The fourth-order valence-corrected chi connectivity index (χ4v) is 2.16. The number of aryl methyl sites for hydroxylation is 1. The first-order chi connectivity index (χ1) is 7.18. The van der Waals surface area contributed by atoms with Gasteiger partial charge in [0.1, 0.15) is 0 Å². The van der Waals surface area contributed by atoms with E-state index < -0.39 is 0 Å². The van der Waals surface area contributed by atoms with Crippen LogP contribution < -0.4 is 10.2 Å². The maximum absolute atomic E-state index is 6.14. The Morgan fingerprint density at radius 2 is 2.27 bits per heavy atom. The summed E-state index contributed by atoms with van der Waals surface area (Å²) in [6, 6.07) is 6.85. The molecule has 15 heavy (non-hydrogen) atoms. The van der Waals surface area contributed by atoms with Crippen LogP contribution in [0.15, 0.2) is 18.2 Å². The summed E-state index contributed by atoms with van der Waals surface area (Å²) in [7, 11) is 0. The molecule has 1 aromatic carbocycles. The Bertz CT molecular complexity index is 351. The minimum Gasteiger partial charge on any atom is -0.366 e. The molecule has 2 rings (SSSR count). The Balaban J connectivity index is 2.24. The summed E-state index contributed by atoms with van der Waals surface area (Å²) in [6.07, 6.45) is 0. The molecular weight excluding hydrogens is 208 g/mol. The maximum Gasteiger partial charge on any atom is 0.0455 e. The van der Waals surface area contributed by atoms with Crippen molar-refractivity contribution in [2.24, 2.45) is 0 Å². The molecule has 0 unspecified atom stereocenters. The molecule has 0 spiro atoms. The smallest absolute Gasteiger partial charge is 0.0455 e. The van der Waals surface area contributed by atoms with E-state index in [9.17, 15) is 0 Å². The zero-order valence-electron chi connectivity index (χ0n) is 9.26. The van der Waals surface area contributed by atoms with Gasteiger partial charge in [0.15, 0.2) is 0 Å². The predicted molar refractivity (Wildman–Crippen MR) is 65.9 cm³/mol. The minimum absolute atomic E-state index is 0.539. The van der Waals surface area contributed by atoms with Crippen molar-refractivity contribution in [2.75, 3.05) is 24.5 Å². The molecule has 3 heteroatoms. The van der Waals surface area contributed by atoms with Gasteiger partial charge in [0.05, 0.1) is 0 Å². The highest BCUT2D eigenvalue weighted by Gasteiger charge is 2.18. The van der Waals surface area contributed by atoms with Gasteiger partial charge in [-0.2, -0.15) is 0 Å². The van der Waals surface area contributed by atoms with Crippen LogP contribution in [0.3, 0.4) is 0 Å². The number of piperazine rings is 1. The molecule has 0 radical (unpaired) electrons. The molecule has 1 atom stereocenters. The molecular formula is C12H17ClN2. The van der Waals surface area contributed by atoms with E-state index in [1.807, 2.05) is 6.92 Å². The highest BCUT2D eigenvalue weighted by Crippen LogP contribution is 2.24. The first-order valence-corrected chi connectivity index (χ1v) is 5.80. The fourth-order valence-electron chi connectivity index (χ4n) is 1.99. The van der Waals surface area contributed by atoms with Crippen LogP contribution in [0.1, 0.15) is 12.5 Å². The van der Waals surface area contributed by atoms with E-state index in [0.717, 1.165) is 30.2 Å². The molecule has 1 N–H and O–H groups in total. The third kappa shape index (κ3) is 2.27. The summed E-state index contributed by atoms with van der Waals surface area (Å²) in [4.78, 5) is 2.40. The molecule has 1 aromatic rings. The van der Waals surface area contributed by atoms with Gasteiger partial charge < -0.3 is 10.2 Å². The number of nitrogens with one attached hydrogen (secondary N) is 1. The third-order valence-corrected chi connectivity index (χ3v) is 3.40. The van der Waals surface area contributed by atoms with Gasteiger partial charge in [-0.15, -0.1) is 0 Å². The average Bonchev–Trinajstić information content (AvgIpc) is 2.23. The monoisotopic (exact) mass is 224 g/mol. The lowest BCUT2D eigenvalue weighted by Crippen LogP contribution is -2.49. The van der Waals surface area contributed by atoms with Crippen LogP contribution in [0.25, 0.3) is 0 Å². The van der Waals surface area contributed by atoms with Crippen molar-refractivity contribution in [3.63, 3.8) is 0 Å². The molecule has 1 fully saturated rings. The van der Waals surface area contributed by atoms with Gasteiger partial charge in [-0.3, -0.25) is 0 Å². The van der Waals surface area contributed by atoms with Gasteiger partial charge >= 0.3 is 0 Å². The van der Waals surface area contributed by atoms with E-state index in [2.05, 4.69) is 35.3 Å². The van der Waals surface area contributed by atoms with E-state index in [0.29, 0.717) is 6.04 Å². The third-order valence-electron chi connectivity index (χ3n) is 2.99. The van der Waals surface area contributed by atoms with Gasteiger partial charge in [0, 0.05) is 36.4 Å². The molecule has 1 aliphatic rings. The molecule has 0 aromatic heterocycles. The van der Waals surface area contributed by atoms with E-state index in [4.69, 9.17) is 11.6 Å². The van der Waals surface area contributed by atoms with Crippen molar-refractivity contribution in [1.29, 1.82) is 0 Å². The van der Waals surface area contributed by atoms with Crippen molar-refractivity contribution >= 4 is 17.3 Å². The van der Waals surface area contributed by atoms with Crippen LogP contribution in [0.5, 0.6) is 0 Å². The first-order valence-electron chi connectivity index (χ1n) is 5.42. The topological polar surface area (TPSA) is 15.3 Å². The lowest BCUT2D eigenvalue weighted by Gasteiger charge is -2.36. The van der Waals surface area contributed by atoms with Gasteiger partial charge in [-0.25, -0.2) is 0 Å². The largest absolute Gasteiger partial charge is 0.366 e. The quantitative estimate of drug-likeness (QED) is 0.789. The number of anilines is 1. The van der Waals surface area contributed by atoms with Crippen molar-refractivity contribution in [3.8, 4) is 0 Å². The minimum atomic E-state index is 0.539. The van der Waals surface area contributed by atoms with Crippen LogP contribution >= 0.6 is 11.6 Å². The molecule has 0 amide bonds. The Morgan fingerprint density at radius 3 is 2.93 bits per heavy atom. The van der Waals surface area contributed by atoms with Crippen LogP contribution in [-0.2, 0) is 0 Å². The Morgan fingerprint density at radius 1 is 1.47 bits per heavy atom. The number of hydrogen-bond donors (Lipinski definition) is 1. The van der Waals surface area contributed by atoms with Crippen LogP contribution in [0, 0.1) is 6.92 Å². The van der Waals surface area contributed by atoms with E-state index in [1.165, 1.54) is 5.69 Å². The number of nitrogens with zero attached hydrogens (tertiary/aromatic N) is 1. The molecule has 1 aliphatic heterocycles. The van der Waals surface area contributed by atoms with E-state index in [-0.39, 0.29) is 0 Å². The van der Waals surface area contributed by atoms with Crippen LogP contribution in [0.4, 0.5) is 5.69 Å². The first kappa shape index (κ1) is 10.8. The summed E-state index contributed by atoms with van der Waals surface area (Å²) in [5.41, 5.74) is 2.38. The van der Waals surface area contributed by atoms with Gasteiger partial charge in [0.2, 0.25) is 0 Å². The molecule has 0 aliphatic carbocycles.